The van der Waals surface area contributed by atoms with Gasteiger partial charge in [-0.05, 0) is 24.6 Å². The fraction of sp³-hybridized carbons (Fsp3) is 0.385. The highest BCUT2D eigenvalue weighted by molar-refractivity contribution is 6.31. The molecule has 1 fully saturated rings. The van der Waals surface area contributed by atoms with Gasteiger partial charge in [-0.15, -0.1) is 0 Å². The van der Waals surface area contributed by atoms with Gasteiger partial charge in [0.2, 0.25) is 11.8 Å². The van der Waals surface area contributed by atoms with Gasteiger partial charge in [0.15, 0.2) is 0 Å². The van der Waals surface area contributed by atoms with Gasteiger partial charge in [0.1, 0.15) is 0 Å². The molecule has 6 heteroatoms. The average molecular weight is 282 g/mol. The molecule has 1 aliphatic heterocycles. The molecule has 0 saturated carbocycles. The Bertz CT molecular complexity index is 505. The van der Waals surface area contributed by atoms with Crippen LogP contribution in [-0.2, 0) is 9.59 Å². The molecule has 5 nitrogen and oxygen atoms in total. The normalized spacial score (nSPS) is 14.8. The summed E-state index contributed by atoms with van der Waals surface area (Å²) in [6.45, 7) is 1.19. The van der Waals surface area contributed by atoms with E-state index in [0.717, 1.165) is 13.0 Å². The molecule has 0 radical (unpaired) electrons. The van der Waals surface area contributed by atoms with Crippen LogP contribution in [0, 0.1) is 0 Å². The molecule has 3 N–H and O–H groups in total. The Balaban J connectivity index is 1.87. The zero-order valence-corrected chi connectivity index (χ0v) is 11.2. The minimum absolute atomic E-state index is 0.120. The summed E-state index contributed by atoms with van der Waals surface area (Å²) >= 11 is 5.84. The number of halogens is 1. The number of benzene rings is 1. The quantitative estimate of drug-likeness (QED) is 0.827. The Morgan fingerprint density at radius 2 is 2.26 bits per heavy atom. The van der Waals surface area contributed by atoms with Crippen LogP contribution < -0.4 is 11.1 Å². The third-order valence-corrected chi connectivity index (χ3v) is 3.30. The van der Waals surface area contributed by atoms with Crippen molar-refractivity contribution in [2.75, 3.05) is 24.1 Å². The van der Waals surface area contributed by atoms with E-state index in [0.29, 0.717) is 29.4 Å². The Morgan fingerprint density at radius 3 is 2.95 bits per heavy atom. The second-order valence-electron chi connectivity index (χ2n) is 4.51. The maximum absolute atomic E-state index is 11.8. The molecule has 1 aromatic carbocycles. The number of likely N-dealkylation sites (tertiary alicyclic amines) is 1. The molecule has 2 amide bonds. The van der Waals surface area contributed by atoms with Crippen LogP contribution in [0.5, 0.6) is 0 Å². The highest BCUT2D eigenvalue weighted by Gasteiger charge is 2.20. The number of hydrogen-bond donors (Lipinski definition) is 2. The molecule has 0 unspecified atom stereocenters. The third kappa shape index (κ3) is 3.61. The zero-order valence-electron chi connectivity index (χ0n) is 10.5. The van der Waals surface area contributed by atoms with E-state index in [4.69, 9.17) is 17.3 Å². The first kappa shape index (κ1) is 13.7. The molecule has 102 valence electrons. The second kappa shape index (κ2) is 5.93. The van der Waals surface area contributed by atoms with E-state index >= 15 is 0 Å². The SMILES string of the molecule is Nc1ccc(Cl)cc1NC(=O)CCN1CCCC1=O. The largest absolute Gasteiger partial charge is 0.397 e. The first-order chi connectivity index (χ1) is 9.06. The summed E-state index contributed by atoms with van der Waals surface area (Å²) in [5, 5.41) is 3.22. The highest BCUT2D eigenvalue weighted by atomic mass is 35.5. The van der Waals surface area contributed by atoms with Crippen molar-refractivity contribution in [2.45, 2.75) is 19.3 Å². The predicted octanol–water partition coefficient (Wildman–Crippen LogP) is 1.87. The van der Waals surface area contributed by atoms with Gasteiger partial charge in [-0.2, -0.15) is 0 Å². The third-order valence-electron chi connectivity index (χ3n) is 3.07. The van der Waals surface area contributed by atoms with Gasteiger partial charge < -0.3 is 16.0 Å². The average Bonchev–Trinajstić information content (AvgIpc) is 2.77. The van der Waals surface area contributed by atoms with E-state index in [9.17, 15) is 9.59 Å². The highest BCUT2D eigenvalue weighted by Crippen LogP contribution is 2.23. The smallest absolute Gasteiger partial charge is 0.226 e. The summed E-state index contributed by atoms with van der Waals surface area (Å²) in [4.78, 5) is 24.9. The lowest BCUT2D eigenvalue weighted by atomic mass is 10.2. The predicted molar refractivity (Wildman–Crippen MR) is 74.9 cm³/mol. The number of nitrogen functional groups attached to an aromatic ring is 1. The van der Waals surface area contributed by atoms with E-state index in [1.807, 2.05) is 0 Å². The molecule has 0 aromatic heterocycles. The monoisotopic (exact) mass is 281 g/mol. The van der Waals surface area contributed by atoms with Crippen molar-refractivity contribution in [1.29, 1.82) is 0 Å². The van der Waals surface area contributed by atoms with Crippen molar-refractivity contribution in [1.82, 2.24) is 4.90 Å². The lowest BCUT2D eigenvalue weighted by Gasteiger charge is -2.15. The zero-order chi connectivity index (χ0) is 13.8. The van der Waals surface area contributed by atoms with Crippen molar-refractivity contribution in [3.05, 3.63) is 23.2 Å². The standard InChI is InChI=1S/C13H16ClN3O2/c14-9-3-4-10(15)11(8-9)16-12(18)5-7-17-6-1-2-13(17)19/h3-4,8H,1-2,5-7,15H2,(H,16,18). The molecule has 0 bridgehead atoms. The van der Waals surface area contributed by atoms with Crippen LogP contribution >= 0.6 is 11.6 Å². The number of nitrogens with two attached hydrogens (primary N) is 1. The number of anilines is 2. The van der Waals surface area contributed by atoms with Gasteiger partial charge >= 0.3 is 0 Å². The molecule has 1 aromatic rings. The van der Waals surface area contributed by atoms with E-state index in [-0.39, 0.29) is 18.2 Å². The first-order valence-corrected chi connectivity index (χ1v) is 6.57. The molecule has 0 atom stereocenters. The van der Waals surface area contributed by atoms with Crippen molar-refractivity contribution in [2.24, 2.45) is 0 Å². The summed E-state index contributed by atoms with van der Waals surface area (Å²) < 4.78 is 0. The maximum atomic E-state index is 11.8. The van der Waals surface area contributed by atoms with Gasteiger partial charge in [0.05, 0.1) is 11.4 Å². The number of rotatable bonds is 4. The van der Waals surface area contributed by atoms with E-state index in [1.54, 1.807) is 23.1 Å². The Hall–Kier alpha value is -1.75. The van der Waals surface area contributed by atoms with Crippen LogP contribution in [0.3, 0.4) is 0 Å². The number of hydrogen-bond acceptors (Lipinski definition) is 3. The van der Waals surface area contributed by atoms with Crippen LogP contribution in [0.25, 0.3) is 0 Å². The van der Waals surface area contributed by atoms with Crippen molar-refractivity contribution in [3.63, 3.8) is 0 Å². The molecule has 0 spiro atoms. The summed E-state index contributed by atoms with van der Waals surface area (Å²) in [5.74, 6) is -0.0521. The van der Waals surface area contributed by atoms with Gasteiger partial charge in [0.25, 0.3) is 0 Å². The summed E-state index contributed by atoms with van der Waals surface area (Å²) in [5.41, 5.74) is 6.71. The Kier molecular flexibility index (Phi) is 4.27. The number of nitrogens with one attached hydrogen (secondary N) is 1. The van der Waals surface area contributed by atoms with Crippen molar-refractivity contribution >= 4 is 34.8 Å². The van der Waals surface area contributed by atoms with Crippen LogP contribution in [0.1, 0.15) is 19.3 Å². The van der Waals surface area contributed by atoms with Crippen LogP contribution in [0.15, 0.2) is 18.2 Å². The fourth-order valence-corrected chi connectivity index (χ4v) is 2.20. The van der Waals surface area contributed by atoms with Crippen LogP contribution in [0.2, 0.25) is 5.02 Å². The summed E-state index contributed by atoms with van der Waals surface area (Å²) in [6.07, 6.45) is 1.72. The van der Waals surface area contributed by atoms with Crippen molar-refractivity contribution in [3.8, 4) is 0 Å². The Labute approximate surface area is 116 Å². The Morgan fingerprint density at radius 1 is 1.47 bits per heavy atom. The summed E-state index contributed by atoms with van der Waals surface area (Å²) in [7, 11) is 0. The van der Waals surface area contributed by atoms with E-state index < -0.39 is 0 Å². The lowest BCUT2D eigenvalue weighted by molar-refractivity contribution is -0.128. The number of carbonyl (C=O) groups is 2. The summed E-state index contributed by atoms with van der Waals surface area (Å²) in [6, 6.07) is 4.91. The van der Waals surface area contributed by atoms with E-state index in [1.165, 1.54) is 0 Å². The molecule has 19 heavy (non-hydrogen) atoms. The van der Waals surface area contributed by atoms with Gasteiger partial charge in [-0.1, -0.05) is 11.6 Å². The van der Waals surface area contributed by atoms with Gasteiger partial charge in [0, 0.05) is 31.0 Å². The van der Waals surface area contributed by atoms with Crippen LogP contribution in [0.4, 0.5) is 11.4 Å². The fourth-order valence-electron chi connectivity index (χ4n) is 2.03. The molecular weight excluding hydrogens is 266 g/mol. The number of carbonyl (C=O) groups excluding carboxylic acids is 2. The first-order valence-electron chi connectivity index (χ1n) is 6.19. The molecule has 1 aliphatic rings. The van der Waals surface area contributed by atoms with Gasteiger partial charge in [-0.3, -0.25) is 9.59 Å². The minimum atomic E-state index is -0.173. The second-order valence-corrected chi connectivity index (χ2v) is 4.95. The molecule has 2 rings (SSSR count). The molecule has 1 heterocycles. The number of amides is 2. The van der Waals surface area contributed by atoms with Crippen LogP contribution in [-0.4, -0.2) is 29.8 Å². The topological polar surface area (TPSA) is 75.4 Å². The van der Waals surface area contributed by atoms with Gasteiger partial charge in [-0.25, -0.2) is 0 Å². The molecular formula is C13H16ClN3O2. The van der Waals surface area contributed by atoms with Crippen molar-refractivity contribution < 1.29 is 9.59 Å². The minimum Gasteiger partial charge on any atom is -0.397 e. The molecule has 0 aliphatic carbocycles. The maximum Gasteiger partial charge on any atom is 0.226 e. The lowest BCUT2D eigenvalue weighted by Crippen LogP contribution is -2.28. The number of nitrogens with zero attached hydrogens (tertiary/aromatic N) is 1. The van der Waals surface area contributed by atoms with E-state index in [2.05, 4.69) is 5.32 Å². The molecule has 1 saturated heterocycles.